The van der Waals surface area contributed by atoms with Gasteiger partial charge in [-0.3, -0.25) is 4.98 Å². The van der Waals surface area contributed by atoms with Crippen molar-refractivity contribution in [1.82, 2.24) is 29.4 Å². The Labute approximate surface area is 219 Å². The lowest BCUT2D eigenvalue weighted by molar-refractivity contribution is -0.0100. The third kappa shape index (κ3) is 4.36. The van der Waals surface area contributed by atoms with Crippen LogP contribution in [0.5, 0.6) is 11.8 Å². The van der Waals surface area contributed by atoms with Crippen LogP contribution in [0.2, 0.25) is 0 Å². The van der Waals surface area contributed by atoms with Gasteiger partial charge in [0, 0.05) is 48.3 Å². The zero-order valence-electron chi connectivity index (χ0n) is 21.9. The second-order valence-corrected chi connectivity index (χ2v) is 10.6. The number of nitrogens with zero attached hydrogens (tertiary/aromatic N) is 6. The fraction of sp³-hybridized carbons (Fsp3) is 0.429. The van der Waals surface area contributed by atoms with E-state index in [0.29, 0.717) is 51.6 Å². The molecule has 6 rings (SSSR count). The lowest BCUT2D eigenvalue weighted by Gasteiger charge is -2.43. The largest absolute Gasteiger partial charge is 0.487 e. The van der Waals surface area contributed by atoms with E-state index in [9.17, 15) is 4.39 Å². The molecule has 1 aromatic carbocycles. The number of halogens is 2. The van der Waals surface area contributed by atoms with E-state index in [1.165, 1.54) is 38.3 Å². The van der Waals surface area contributed by atoms with Crippen LogP contribution in [0, 0.1) is 18.6 Å². The van der Waals surface area contributed by atoms with Gasteiger partial charge >= 0.3 is 6.01 Å². The minimum atomic E-state index is -0.495. The molecule has 2 aliphatic rings. The molecule has 2 fully saturated rings. The van der Waals surface area contributed by atoms with Crippen LogP contribution < -0.4 is 9.47 Å². The zero-order valence-corrected chi connectivity index (χ0v) is 21.9. The highest BCUT2D eigenvalue weighted by atomic mass is 19.1. The number of fused-ring (bicyclic) bond motifs is 3. The van der Waals surface area contributed by atoms with Crippen molar-refractivity contribution in [2.75, 3.05) is 14.2 Å². The second-order valence-electron chi connectivity index (χ2n) is 10.6. The number of hydrogen-bond acceptors (Lipinski definition) is 7. The maximum absolute atomic E-state index is 15.5. The normalized spacial score (nSPS) is 23.2. The Bertz CT molecular complexity index is 1510. The Morgan fingerprint density at radius 1 is 1.05 bits per heavy atom. The van der Waals surface area contributed by atoms with Gasteiger partial charge in [0.15, 0.2) is 5.65 Å². The number of pyridine rings is 1. The fourth-order valence-corrected chi connectivity index (χ4v) is 6.03. The molecule has 0 saturated carbocycles. The Hall–Kier alpha value is -3.66. The summed E-state index contributed by atoms with van der Waals surface area (Å²) in [6, 6.07) is 7.52. The van der Waals surface area contributed by atoms with Crippen molar-refractivity contribution in [2.24, 2.45) is 0 Å². The monoisotopic (exact) mass is 520 g/mol. The molecule has 2 saturated heterocycles. The summed E-state index contributed by atoms with van der Waals surface area (Å²) < 4.78 is 43.0. The Kier molecular flexibility index (Phi) is 6.02. The molecule has 1 unspecified atom stereocenters. The van der Waals surface area contributed by atoms with Crippen LogP contribution in [0.15, 0.2) is 36.7 Å². The number of rotatable bonds is 6. The predicted molar refractivity (Wildman–Crippen MR) is 138 cm³/mol. The van der Waals surface area contributed by atoms with Crippen LogP contribution in [-0.2, 0) is 6.54 Å². The molecule has 2 bridgehead atoms. The minimum absolute atomic E-state index is 0.111. The zero-order chi connectivity index (χ0) is 26.6. The molecule has 0 radical (unpaired) electrons. The number of methoxy groups -OCH3 is 1. The van der Waals surface area contributed by atoms with Crippen LogP contribution in [0.25, 0.3) is 22.6 Å². The molecule has 0 amide bonds. The molecule has 3 aromatic heterocycles. The molecule has 0 aliphatic carbocycles. The van der Waals surface area contributed by atoms with Gasteiger partial charge in [0.1, 0.15) is 34.3 Å². The predicted octanol–water partition coefficient (Wildman–Crippen LogP) is 4.93. The van der Waals surface area contributed by atoms with Gasteiger partial charge in [0.25, 0.3) is 0 Å². The van der Waals surface area contributed by atoms with Gasteiger partial charge < -0.3 is 18.9 Å². The maximum atomic E-state index is 15.5. The number of aromatic nitrogens is 5. The van der Waals surface area contributed by atoms with E-state index in [-0.39, 0.29) is 18.2 Å². The number of aryl methyl sites for hydroxylation is 1. The van der Waals surface area contributed by atoms with Gasteiger partial charge in [-0.2, -0.15) is 9.97 Å². The fourth-order valence-electron chi connectivity index (χ4n) is 6.03. The van der Waals surface area contributed by atoms with E-state index in [1.807, 2.05) is 6.07 Å². The molecule has 198 valence electrons. The van der Waals surface area contributed by atoms with E-state index in [1.54, 1.807) is 17.6 Å². The quantitative estimate of drug-likeness (QED) is 0.357. The summed E-state index contributed by atoms with van der Waals surface area (Å²) in [5.74, 6) is 0.0317. The molecule has 0 spiro atoms. The SMILES string of the molecule is COc1nc(C)c2nc(-c3cncc(F)c3)n(Cc3ccc(OC4(C)C[C@H]5CC[C@@H](C4)N5C)cc3F)c2n1. The molecular weight excluding hydrogens is 490 g/mol. The first-order valence-electron chi connectivity index (χ1n) is 12.8. The lowest BCUT2D eigenvalue weighted by Crippen LogP contribution is -2.50. The molecule has 8 nitrogen and oxygen atoms in total. The summed E-state index contributed by atoms with van der Waals surface area (Å²) in [6.07, 6.45) is 6.86. The molecule has 0 N–H and O–H groups in total. The van der Waals surface area contributed by atoms with Crippen molar-refractivity contribution < 1.29 is 18.3 Å². The van der Waals surface area contributed by atoms with E-state index < -0.39 is 11.6 Å². The summed E-state index contributed by atoms with van der Waals surface area (Å²) >= 11 is 0. The van der Waals surface area contributed by atoms with E-state index in [0.717, 1.165) is 19.0 Å². The number of benzene rings is 1. The number of imidazole rings is 1. The Morgan fingerprint density at radius 3 is 2.50 bits per heavy atom. The van der Waals surface area contributed by atoms with Crippen molar-refractivity contribution in [3.8, 4) is 23.1 Å². The minimum Gasteiger partial charge on any atom is -0.487 e. The highest BCUT2D eigenvalue weighted by Gasteiger charge is 2.45. The smallest absolute Gasteiger partial charge is 0.318 e. The van der Waals surface area contributed by atoms with Gasteiger partial charge in [-0.05, 0) is 45.9 Å². The molecular formula is C28H30F2N6O2. The standard InChI is InChI=1S/C28H30F2N6O2/c1-16-24-26(34-27(32-16)37-4)36(25(33-24)18-9-19(29)14-31-13-18)15-17-5-8-22(10-23(17)30)38-28(2)11-20-6-7-21(12-28)35(20)3/h5,8-10,13-14,20-21H,6-7,11-12,15H2,1-4H3/t20-,21+,28?. The molecule has 5 heterocycles. The molecule has 10 heteroatoms. The first-order chi connectivity index (χ1) is 18.2. The maximum Gasteiger partial charge on any atom is 0.318 e. The van der Waals surface area contributed by atoms with Crippen LogP contribution in [0.4, 0.5) is 8.78 Å². The van der Waals surface area contributed by atoms with Crippen molar-refractivity contribution in [2.45, 2.75) is 63.8 Å². The summed E-state index contributed by atoms with van der Waals surface area (Å²) in [4.78, 5) is 19.9. The first-order valence-corrected chi connectivity index (χ1v) is 12.8. The summed E-state index contributed by atoms with van der Waals surface area (Å²) in [7, 11) is 3.67. The van der Waals surface area contributed by atoms with Crippen LogP contribution in [0.3, 0.4) is 0 Å². The van der Waals surface area contributed by atoms with Crippen LogP contribution in [-0.4, -0.2) is 61.2 Å². The van der Waals surface area contributed by atoms with Crippen molar-refractivity contribution >= 4 is 11.2 Å². The van der Waals surface area contributed by atoms with E-state index >= 15 is 4.39 Å². The van der Waals surface area contributed by atoms with Crippen LogP contribution >= 0.6 is 0 Å². The average molecular weight is 521 g/mol. The van der Waals surface area contributed by atoms with Crippen LogP contribution in [0.1, 0.15) is 43.9 Å². The number of piperidine rings is 1. The second kappa shape index (κ2) is 9.27. The molecule has 4 aromatic rings. The third-order valence-electron chi connectivity index (χ3n) is 7.93. The van der Waals surface area contributed by atoms with E-state index in [2.05, 4.69) is 38.8 Å². The number of ether oxygens (including phenoxy) is 2. The highest BCUT2D eigenvalue weighted by molar-refractivity contribution is 5.79. The summed E-state index contributed by atoms with van der Waals surface area (Å²) in [5, 5.41) is 0. The van der Waals surface area contributed by atoms with Gasteiger partial charge in [-0.15, -0.1) is 0 Å². The summed E-state index contributed by atoms with van der Waals surface area (Å²) in [5.41, 5.74) is 2.13. The summed E-state index contributed by atoms with van der Waals surface area (Å²) in [6.45, 7) is 4.03. The van der Waals surface area contributed by atoms with Crippen molar-refractivity contribution in [3.63, 3.8) is 0 Å². The topological polar surface area (TPSA) is 78.2 Å². The Balaban J connectivity index is 1.34. The van der Waals surface area contributed by atoms with Crippen molar-refractivity contribution in [1.29, 1.82) is 0 Å². The Morgan fingerprint density at radius 2 is 1.82 bits per heavy atom. The van der Waals surface area contributed by atoms with Gasteiger partial charge in [0.05, 0.1) is 25.5 Å². The lowest BCUT2D eigenvalue weighted by atomic mass is 9.88. The van der Waals surface area contributed by atoms with Crippen molar-refractivity contribution in [3.05, 3.63) is 59.6 Å². The number of hydrogen-bond donors (Lipinski definition) is 0. The van der Waals surface area contributed by atoms with Gasteiger partial charge in [0.2, 0.25) is 0 Å². The molecule has 2 aliphatic heterocycles. The van der Waals surface area contributed by atoms with Gasteiger partial charge in [-0.1, -0.05) is 6.07 Å². The average Bonchev–Trinajstić information content (AvgIpc) is 3.34. The van der Waals surface area contributed by atoms with Gasteiger partial charge in [-0.25, -0.2) is 13.8 Å². The van der Waals surface area contributed by atoms with E-state index in [4.69, 9.17) is 9.47 Å². The first kappa shape index (κ1) is 24.7. The third-order valence-corrected chi connectivity index (χ3v) is 7.93. The highest BCUT2D eigenvalue weighted by Crippen LogP contribution is 2.42. The molecule has 3 atom stereocenters. The molecule has 38 heavy (non-hydrogen) atoms.